The fourth-order valence-electron chi connectivity index (χ4n) is 2.51. The Bertz CT molecular complexity index is 943. The molecule has 8 heteroatoms. The molecule has 0 aliphatic rings. The van der Waals surface area contributed by atoms with E-state index in [2.05, 4.69) is 10.3 Å². The first-order valence-electron chi connectivity index (χ1n) is 7.95. The number of esters is 1. The second kappa shape index (κ2) is 6.92. The number of carbonyl (C=O) groups excluding carboxylic acids is 2. The van der Waals surface area contributed by atoms with Crippen molar-refractivity contribution in [1.82, 2.24) is 14.9 Å². The molecule has 0 unspecified atom stereocenters. The van der Waals surface area contributed by atoms with Crippen LogP contribution in [0.25, 0.3) is 10.9 Å². The van der Waals surface area contributed by atoms with Crippen LogP contribution in [0.15, 0.2) is 27.8 Å². The predicted molar refractivity (Wildman–Crippen MR) is 92.7 cm³/mol. The summed E-state index contributed by atoms with van der Waals surface area (Å²) < 4.78 is 5.80. The largest absolute Gasteiger partial charge is 0.467 e. The summed E-state index contributed by atoms with van der Waals surface area (Å²) in [5.41, 5.74) is -1.63. The van der Waals surface area contributed by atoms with Crippen molar-refractivity contribution in [2.75, 3.05) is 7.11 Å². The predicted octanol–water partition coefficient (Wildman–Crippen LogP) is 0.781. The normalized spacial score (nSPS) is 13.3. The number of nitrogens with zero attached hydrogens (tertiary/aromatic N) is 1. The van der Waals surface area contributed by atoms with E-state index in [1.165, 1.54) is 25.3 Å². The van der Waals surface area contributed by atoms with Crippen LogP contribution < -0.4 is 16.6 Å². The quantitative estimate of drug-likeness (QED) is 0.777. The molecule has 0 saturated heterocycles. The van der Waals surface area contributed by atoms with Gasteiger partial charge in [0.05, 0.1) is 18.0 Å². The molecule has 1 amide bonds. The zero-order chi connectivity index (χ0) is 18.8. The Morgan fingerprint density at radius 3 is 2.52 bits per heavy atom. The van der Waals surface area contributed by atoms with E-state index >= 15 is 0 Å². The van der Waals surface area contributed by atoms with Crippen LogP contribution >= 0.6 is 0 Å². The lowest BCUT2D eigenvalue weighted by Crippen LogP contribution is -2.52. The number of H-pyrrole nitrogens is 1. The highest BCUT2D eigenvalue weighted by Gasteiger charge is 2.34. The number of nitrogens with one attached hydrogen (secondary N) is 2. The highest BCUT2D eigenvalue weighted by Crippen LogP contribution is 2.15. The third kappa shape index (κ3) is 3.33. The summed E-state index contributed by atoms with van der Waals surface area (Å²) in [7, 11) is 1.25. The number of fused-ring (bicyclic) bond motifs is 1. The number of hydrogen-bond donors (Lipinski definition) is 2. The fraction of sp³-hybridized carbons (Fsp3) is 0.412. The Kier molecular flexibility index (Phi) is 5.10. The van der Waals surface area contributed by atoms with Gasteiger partial charge < -0.3 is 15.0 Å². The van der Waals surface area contributed by atoms with E-state index in [0.717, 1.165) is 4.57 Å². The Morgan fingerprint density at radius 1 is 1.28 bits per heavy atom. The van der Waals surface area contributed by atoms with Gasteiger partial charge in [-0.3, -0.25) is 14.2 Å². The molecular formula is C17H21N3O5. The van der Waals surface area contributed by atoms with Crippen LogP contribution in [0, 0.1) is 0 Å². The molecule has 134 valence electrons. The SMILES string of the molecule is CCn1c(=O)[nH]c2cc(C(=O)N[C@@](C)(CC)C(=O)OC)ccc2c1=O. The highest BCUT2D eigenvalue weighted by atomic mass is 16.5. The van der Waals surface area contributed by atoms with Crippen LogP contribution in [-0.2, 0) is 16.1 Å². The second-order valence-corrected chi connectivity index (χ2v) is 5.87. The third-order valence-corrected chi connectivity index (χ3v) is 4.29. The van der Waals surface area contributed by atoms with E-state index in [4.69, 9.17) is 4.74 Å². The number of hydrogen-bond acceptors (Lipinski definition) is 5. The van der Waals surface area contributed by atoms with Crippen molar-refractivity contribution in [2.24, 2.45) is 0 Å². The lowest BCUT2D eigenvalue weighted by atomic mass is 9.98. The van der Waals surface area contributed by atoms with E-state index in [1.807, 2.05) is 0 Å². The summed E-state index contributed by atoms with van der Waals surface area (Å²) in [6, 6.07) is 4.38. The van der Waals surface area contributed by atoms with Gasteiger partial charge in [0.2, 0.25) is 0 Å². The Balaban J connectivity index is 2.45. The molecule has 1 aromatic carbocycles. The van der Waals surface area contributed by atoms with Gasteiger partial charge in [-0.2, -0.15) is 0 Å². The minimum atomic E-state index is -1.17. The molecule has 1 heterocycles. The monoisotopic (exact) mass is 347 g/mol. The molecule has 0 aliphatic carbocycles. The lowest BCUT2D eigenvalue weighted by Gasteiger charge is -2.26. The number of benzene rings is 1. The number of methoxy groups -OCH3 is 1. The summed E-state index contributed by atoms with van der Waals surface area (Å²) in [6.45, 7) is 5.27. The topological polar surface area (TPSA) is 110 Å². The maximum atomic E-state index is 12.5. The maximum absolute atomic E-state index is 12.5. The number of aromatic amines is 1. The van der Waals surface area contributed by atoms with Crippen molar-refractivity contribution in [3.63, 3.8) is 0 Å². The lowest BCUT2D eigenvalue weighted by molar-refractivity contribution is -0.147. The van der Waals surface area contributed by atoms with Gasteiger partial charge in [0.1, 0.15) is 5.54 Å². The molecule has 0 bridgehead atoms. The van der Waals surface area contributed by atoms with E-state index in [-0.39, 0.29) is 17.6 Å². The molecule has 2 aromatic rings. The Labute approximate surface area is 143 Å². The summed E-state index contributed by atoms with van der Waals surface area (Å²) in [6.07, 6.45) is 0.344. The van der Waals surface area contributed by atoms with Gasteiger partial charge in [-0.25, -0.2) is 9.59 Å². The molecule has 1 aromatic heterocycles. The van der Waals surface area contributed by atoms with Crippen LogP contribution in [0.3, 0.4) is 0 Å². The molecule has 2 N–H and O–H groups in total. The van der Waals surface area contributed by atoms with E-state index < -0.39 is 28.7 Å². The molecule has 25 heavy (non-hydrogen) atoms. The average Bonchev–Trinajstić information content (AvgIpc) is 2.60. The van der Waals surface area contributed by atoms with Crippen molar-refractivity contribution in [3.05, 3.63) is 44.6 Å². The van der Waals surface area contributed by atoms with Crippen LogP contribution in [0.2, 0.25) is 0 Å². The van der Waals surface area contributed by atoms with Gasteiger partial charge in [0.15, 0.2) is 0 Å². The Hall–Kier alpha value is -2.90. The van der Waals surface area contributed by atoms with E-state index in [1.54, 1.807) is 20.8 Å². The maximum Gasteiger partial charge on any atom is 0.331 e. The van der Waals surface area contributed by atoms with Gasteiger partial charge in [-0.1, -0.05) is 6.92 Å². The smallest absolute Gasteiger partial charge is 0.331 e. The van der Waals surface area contributed by atoms with E-state index in [0.29, 0.717) is 11.8 Å². The van der Waals surface area contributed by atoms with E-state index in [9.17, 15) is 19.2 Å². The summed E-state index contributed by atoms with van der Waals surface area (Å²) in [5.74, 6) is -1.06. The second-order valence-electron chi connectivity index (χ2n) is 5.87. The van der Waals surface area contributed by atoms with Crippen molar-refractivity contribution < 1.29 is 14.3 Å². The minimum absolute atomic E-state index is 0.223. The first kappa shape index (κ1) is 18.4. The molecule has 0 saturated carbocycles. The third-order valence-electron chi connectivity index (χ3n) is 4.29. The highest BCUT2D eigenvalue weighted by molar-refractivity contribution is 6.00. The first-order valence-corrected chi connectivity index (χ1v) is 7.95. The Morgan fingerprint density at radius 2 is 1.96 bits per heavy atom. The molecule has 0 fully saturated rings. The van der Waals surface area contributed by atoms with Crippen molar-refractivity contribution in [1.29, 1.82) is 0 Å². The number of rotatable bonds is 5. The minimum Gasteiger partial charge on any atom is -0.467 e. The van der Waals surface area contributed by atoms with Crippen LogP contribution in [0.5, 0.6) is 0 Å². The summed E-state index contributed by atoms with van der Waals surface area (Å²) in [5, 5.41) is 2.95. The molecule has 8 nitrogen and oxygen atoms in total. The van der Waals surface area contributed by atoms with Crippen LogP contribution in [0.4, 0.5) is 0 Å². The van der Waals surface area contributed by atoms with Gasteiger partial charge >= 0.3 is 11.7 Å². The van der Waals surface area contributed by atoms with Crippen LogP contribution in [-0.4, -0.2) is 34.1 Å². The summed E-state index contributed by atoms with van der Waals surface area (Å²) >= 11 is 0. The van der Waals surface area contributed by atoms with Gasteiger partial charge in [-0.15, -0.1) is 0 Å². The van der Waals surface area contributed by atoms with Gasteiger partial charge in [-0.05, 0) is 38.5 Å². The molecule has 0 aliphatic heterocycles. The van der Waals surface area contributed by atoms with Crippen molar-refractivity contribution in [2.45, 2.75) is 39.3 Å². The standard InChI is InChI=1S/C17H21N3O5/c1-5-17(3,15(23)25-4)19-13(21)10-7-8-11-12(9-10)18-16(24)20(6-2)14(11)22/h7-9H,5-6H2,1-4H3,(H,18,24)(H,19,21)/t17-/m0/s1. The van der Waals surface area contributed by atoms with Crippen molar-refractivity contribution >= 4 is 22.8 Å². The zero-order valence-corrected chi connectivity index (χ0v) is 14.6. The molecular weight excluding hydrogens is 326 g/mol. The van der Waals surface area contributed by atoms with Gasteiger partial charge in [0, 0.05) is 12.1 Å². The zero-order valence-electron chi connectivity index (χ0n) is 14.6. The number of carbonyl (C=O) groups is 2. The van der Waals surface area contributed by atoms with Crippen LogP contribution in [0.1, 0.15) is 37.6 Å². The first-order chi connectivity index (χ1) is 11.8. The van der Waals surface area contributed by atoms with Crippen molar-refractivity contribution in [3.8, 4) is 0 Å². The molecule has 1 atom stereocenters. The fourth-order valence-corrected chi connectivity index (χ4v) is 2.51. The average molecular weight is 347 g/mol. The molecule has 0 radical (unpaired) electrons. The molecule has 2 rings (SSSR count). The number of aromatic nitrogens is 2. The summed E-state index contributed by atoms with van der Waals surface area (Å²) in [4.78, 5) is 51.1. The van der Waals surface area contributed by atoms with Gasteiger partial charge in [0.25, 0.3) is 11.5 Å². The number of amides is 1. The number of ether oxygens (including phenoxy) is 1. The molecule has 0 spiro atoms.